The van der Waals surface area contributed by atoms with E-state index in [1.165, 1.54) is 132 Å². The van der Waals surface area contributed by atoms with Crippen molar-refractivity contribution in [1.82, 2.24) is 0 Å². The molecule has 0 bridgehead atoms. The van der Waals surface area contributed by atoms with Gasteiger partial charge in [-0.25, -0.2) is 0 Å². The lowest BCUT2D eigenvalue weighted by atomic mass is 9.43. The van der Waals surface area contributed by atoms with E-state index >= 15 is 0 Å². The second-order valence-electron chi connectivity index (χ2n) is 20.6. The first-order valence-corrected chi connectivity index (χ1v) is 23.3. The predicted octanol–water partition coefficient (Wildman–Crippen LogP) is 16.7. The summed E-state index contributed by atoms with van der Waals surface area (Å²) in [6.45, 7) is 13.0. The van der Waals surface area contributed by atoms with Crippen molar-refractivity contribution in [2.45, 2.75) is 118 Å². The van der Waals surface area contributed by atoms with Gasteiger partial charge in [-0.2, -0.15) is 0 Å². The molecule has 0 spiro atoms. The SMILES string of the molecule is CC(C)CCCC(C)C1CCC2C3CCC4CC(c5ccc(-c6c7ccccc7c(-c7cccc8ccccc78)c7ccccc67)cc5)CCC4(C)C3CCC12C. The second kappa shape index (κ2) is 14.7. The average Bonchev–Trinajstić information content (AvgIpc) is 3.59. The van der Waals surface area contributed by atoms with Crippen molar-refractivity contribution in [3.05, 3.63) is 121 Å². The fourth-order valence-electron chi connectivity index (χ4n) is 14.7. The van der Waals surface area contributed by atoms with E-state index in [-0.39, 0.29) is 0 Å². The Labute approximate surface area is 343 Å². The number of fused-ring (bicyclic) bond motifs is 8. The molecule has 4 aliphatic rings. The first-order valence-electron chi connectivity index (χ1n) is 23.3. The summed E-state index contributed by atoms with van der Waals surface area (Å²) >= 11 is 0. The minimum atomic E-state index is 0.533. The Morgan fingerprint density at radius 2 is 1.16 bits per heavy atom. The molecule has 0 saturated heterocycles. The normalized spacial score (nSPS) is 30.4. The number of benzene rings is 6. The van der Waals surface area contributed by atoms with Crippen LogP contribution in [0.15, 0.2) is 115 Å². The van der Waals surface area contributed by atoms with Crippen LogP contribution in [0.2, 0.25) is 0 Å². The molecule has 0 aliphatic heterocycles. The molecule has 10 rings (SSSR count). The third-order valence-electron chi connectivity index (χ3n) is 17.5. The van der Waals surface area contributed by atoms with Gasteiger partial charge < -0.3 is 0 Å². The summed E-state index contributed by atoms with van der Waals surface area (Å²) in [4.78, 5) is 0. The third kappa shape index (κ3) is 6.21. The van der Waals surface area contributed by atoms with Crippen molar-refractivity contribution >= 4 is 32.3 Å². The summed E-state index contributed by atoms with van der Waals surface area (Å²) in [6.07, 6.45) is 17.4. The summed E-state index contributed by atoms with van der Waals surface area (Å²) in [6, 6.07) is 43.9. The molecule has 0 amide bonds. The molecule has 294 valence electrons. The van der Waals surface area contributed by atoms with Gasteiger partial charge in [0.25, 0.3) is 0 Å². The van der Waals surface area contributed by atoms with E-state index in [1.807, 2.05) is 0 Å². The zero-order chi connectivity index (χ0) is 38.9. The van der Waals surface area contributed by atoms with Gasteiger partial charge in [-0.15, -0.1) is 0 Å². The number of hydrogen-bond acceptors (Lipinski definition) is 0. The largest absolute Gasteiger partial charge is 0.0628 e. The molecule has 0 heteroatoms. The van der Waals surface area contributed by atoms with Crippen molar-refractivity contribution in [2.24, 2.45) is 52.3 Å². The van der Waals surface area contributed by atoms with E-state index in [4.69, 9.17) is 0 Å². The second-order valence-corrected chi connectivity index (χ2v) is 20.6. The molecule has 4 saturated carbocycles. The predicted molar refractivity (Wildman–Crippen MR) is 246 cm³/mol. The molecule has 0 nitrogen and oxygen atoms in total. The molecule has 6 aromatic carbocycles. The molecule has 9 unspecified atom stereocenters. The lowest BCUT2D eigenvalue weighted by molar-refractivity contribution is -0.117. The van der Waals surface area contributed by atoms with E-state index in [1.54, 1.807) is 5.56 Å². The van der Waals surface area contributed by atoms with Crippen LogP contribution in [0.4, 0.5) is 0 Å². The highest BCUT2D eigenvalue weighted by Crippen LogP contribution is 2.69. The lowest BCUT2D eigenvalue weighted by Crippen LogP contribution is -2.53. The minimum Gasteiger partial charge on any atom is -0.0628 e. The van der Waals surface area contributed by atoms with Gasteiger partial charge >= 0.3 is 0 Å². The van der Waals surface area contributed by atoms with Crippen LogP contribution in [-0.2, 0) is 0 Å². The molecule has 0 radical (unpaired) electrons. The first-order chi connectivity index (χ1) is 27.7. The monoisotopic (exact) mass is 751 g/mol. The molecular weight excluding hydrogens is 685 g/mol. The molecule has 4 fully saturated rings. The molecular formula is C57H66. The van der Waals surface area contributed by atoms with Crippen LogP contribution in [0, 0.1) is 52.3 Å². The van der Waals surface area contributed by atoms with Gasteiger partial charge in [-0.3, -0.25) is 0 Å². The smallest absolute Gasteiger partial charge is 0.00201 e. The summed E-state index contributed by atoms with van der Waals surface area (Å²) in [5, 5.41) is 7.96. The van der Waals surface area contributed by atoms with E-state index in [2.05, 4.69) is 150 Å². The van der Waals surface area contributed by atoms with Crippen LogP contribution in [-0.4, -0.2) is 0 Å². The van der Waals surface area contributed by atoms with Crippen LogP contribution < -0.4 is 0 Å². The zero-order valence-electron chi connectivity index (χ0n) is 35.6. The Morgan fingerprint density at radius 3 is 1.86 bits per heavy atom. The Hall–Kier alpha value is -3.90. The topological polar surface area (TPSA) is 0 Å². The van der Waals surface area contributed by atoms with Gasteiger partial charge in [0.05, 0.1) is 0 Å². The average molecular weight is 751 g/mol. The van der Waals surface area contributed by atoms with E-state index < -0.39 is 0 Å². The Kier molecular flexibility index (Phi) is 9.66. The van der Waals surface area contributed by atoms with Crippen molar-refractivity contribution in [1.29, 1.82) is 0 Å². The van der Waals surface area contributed by atoms with Gasteiger partial charge in [0.15, 0.2) is 0 Å². The van der Waals surface area contributed by atoms with Crippen molar-refractivity contribution in [2.75, 3.05) is 0 Å². The van der Waals surface area contributed by atoms with Crippen LogP contribution in [0.1, 0.15) is 123 Å². The first kappa shape index (κ1) is 37.4. The van der Waals surface area contributed by atoms with Gasteiger partial charge in [0, 0.05) is 0 Å². The van der Waals surface area contributed by atoms with Crippen LogP contribution in [0.5, 0.6) is 0 Å². The molecule has 57 heavy (non-hydrogen) atoms. The van der Waals surface area contributed by atoms with E-state index in [0.29, 0.717) is 16.7 Å². The summed E-state index contributed by atoms with van der Waals surface area (Å²) in [5.41, 5.74) is 8.07. The Bertz CT molecular complexity index is 2330. The third-order valence-corrected chi connectivity index (χ3v) is 17.5. The molecule has 0 aromatic heterocycles. The standard InChI is InChI=1S/C57H66/c1-37(2)14-12-15-38(3)51-30-31-52-50-29-28-43-36-42(32-34-56(43,4)53(50)33-35-57(51,52)5)39-24-26-41(27-25-39)54-46-19-8-10-21-48(46)55(49-22-11-9-20-47(49)54)45-23-13-17-40-16-6-7-18-44(40)45/h6-11,13,16-27,37-38,42-43,50-53H,12,14-15,28-36H2,1-5H3. The molecule has 0 N–H and O–H groups in total. The molecule has 4 aliphatic carbocycles. The number of hydrogen-bond donors (Lipinski definition) is 0. The summed E-state index contributed by atoms with van der Waals surface area (Å²) < 4.78 is 0. The maximum atomic E-state index is 2.77. The van der Waals surface area contributed by atoms with Crippen molar-refractivity contribution in [3.63, 3.8) is 0 Å². The van der Waals surface area contributed by atoms with Crippen molar-refractivity contribution < 1.29 is 0 Å². The number of rotatable bonds is 8. The lowest BCUT2D eigenvalue weighted by Gasteiger charge is -2.61. The fourth-order valence-corrected chi connectivity index (χ4v) is 14.7. The summed E-state index contributed by atoms with van der Waals surface area (Å²) in [7, 11) is 0. The molecule has 6 aromatic rings. The van der Waals surface area contributed by atoms with Crippen LogP contribution >= 0.6 is 0 Å². The molecule has 0 heterocycles. The van der Waals surface area contributed by atoms with Crippen LogP contribution in [0.25, 0.3) is 54.6 Å². The Morgan fingerprint density at radius 1 is 0.544 bits per heavy atom. The zero-order valence-corrected chi connectivity index (χ0v) is 35.6. The summed E-state index contributed by atoms with van der Waals surface area (Å²) in [5.74, 6) is 7.17. The van der Waals surface area contributed by atoms with Gasteiger partial charge in [0.1, 0.15) is 0 Å². The van der Waals surface area contributed by atoms with Gasteiger partial charge in [-0.05, 0) is 176 Å². The molecule has 9 atom stereocenters. The highest BCUT2D eigenvalue weighted by atomic mass is 14.6. The van der Waals surface area contributed by atoms with Crippen molar-refractivity contribution in [3.8, 4) is 22.3 Å². The Balaban J connectivity index is 0.904. The minimum absolute atomic E-state index is 0.533. The highest BCUT2D eigenvalue weighted by molar-refractivity contribution is 6.23. The maximum absolute atomic E-state index is 2.77. The van der Waals surface area contributed by atoms with Gasteiger partial charge in [-0.1, -0.05) is 169 Å². The highest BCUT2D eigenvalue weighted by Gasteiger charge is 2.60. The maximum Gasteiger partial charge on any atom is -0.00201 e. The van der Waals surface area contributed by atoms with Gasteiger partial charge in [0.2, 0.25) is 0 Å². The fraction of sp³-hybridized carbons (Fsp3) is 0.474. The quantitative estimate of drug-likeness (QED) is 0.136. The van der Waals surface area contributed by atoms with Crippen LogP contribution in [0.3, 0.4) is 0 Å². The van der Waals surface area contributed by atoms with E-state index in [9.17, 15) is 0 Å². The van der Waals surface area contributed by atoms with E-state index in [0.717, 1.165) is 41.4 Å².